The van der Waals surface area contributed by atoms with E-state index in [0.717, 1.165) is 0 Å². The molecular weight excluding hydrogens is 387 g/mol. The molecule has 2 aromatic heterocycles. The number of hydrogen-bond acceptors (Lipinski definition) is 5. The highest BCUT2D eigenvalue weighted by Crippen LogP contribution is 2.26. The molecule has 0 fully saturated rings. The van der Waals surface area contributed by atoms with E-state index in [1.165, 1.54) is 34.2 Å². The molecule has 0 aliphatic carbocycles. The van der Waals surface area contributed by atoms with E-state index in [1.54, 1.807) is 17.6 Å². The van der Waals surface area contributed by atoms with Gasteiger partial charge >= 0.3 is 0 Å². The number of primary amides is 1. The number of thiophene rings is 1. The quantitative estimate of drug-likeness (QED) is 0.718. The third-order valence-electron chi connectivity index (χ3n) is 2.93. The Bertz CT molecular complexity index is 864. The van der Waals surface area contributed by atoms with Gasteiger partial charge < -0.3 is 10.5 Å². The molecule has 0 spiro atoms. The predicted octanol–water partition coefficient (Wildman–Crippen LogP) is 2.91. The molecule has 0 saturated heterocycles. The Labute approximate surface area is 142 Å². The molecule has 2 N–H and O–H groups in total. The molecule has 2 heterocycles. The van der Waals surface area contributed by atoms with Crippen LogP contribution in [0.5, 0.6) is 5.75 Å². The van der Waals surface area contributed by atoms with Crippen LogP contribution < -0.4 is 10.5 Å². The fourth-order valence-corrected chi connectivity index (χ4v) is 3.09. The lowest BCUT2D eigenvalue weighted by Gasteiger charge is -2.05. The molecule has 9 heteroatoms. The minimum absolute atomic E-state index is 0.153. The number of amides is 1. The predicted molar refractivity (Wildman–Crippen MR) is 86.2 cm³/mol. The van der Waals surface area contributed by atoms with Gasteiger partial charge in [-0.25, -0.2) is 9.07 Å². The highest BCUT2D eigenvalue weighted by atomic mass is 79.9. The van der Waals surface area contributed by atoms with Crippen molar-refractivity contribution < 1.29 is 13.9 Å². The van der Waals surface area contributed by atoms with E-state index in [2.05, 4.69) is 26.2 Å². The molecule has 0 aliphatic rings. The van der Waals surface area contributed by atoms with Gasteiger partial charge in [-0.15, -0.1) is 16.4 Å². The summed E-state index contributed by atoms with van der Waals surface area (Å²) in [6.45, 7) is 0.153. The molecule has 23 heavy (non-hydrogen) atoms. The summed E-state index contributed by atoms with van der Waals surface area (Å²) in [5.41, 5.74) is 6.45. The Kier molecular flexibility index (Phi) is 4.39. The maximum atomic E-state index is 13.0. The number of rotatable bonds is 5. The van der Waals surface area contributed by atoms with Crippen LogP contribution in [0.4, 0.5) is 4.39 Å². The lowest BCUT2D eigenvalue weighted by molar-refractivity contribution is 0.100. The smallest absolute Gasteiger partial charge is 0.260 e. The number of nitrogens with two attached hydrogens (primary N) is 1. The van der Waals surface area contributed by atoms with Crippen molar-refractivity contribution in [2.45, 2.75) is 6.61 Å². The summed E-state index contributed by atoms with van der Waals surface area (Å²) in [5, 5.41) is 9.70. The summed E-state index contributed by atoms with van der Waals surface area (Å²) < 4.78 is 20.6. The van der Waals surface area contributed by atoms with Crippen LogP contribution in [-0.4, -0.2) is 20.9 Å². The van der Waals surface area contributed by atoms with E-state index in [9.17, 15) is 9.18 Å². The Morgan fingerprint density at radius 3 is 3.00 bits per heavy atom. The summed E-state index contributed by atoms with van der Waals surface area (Å²) >= 11 is 4.47. The second kappa shape index (κ2) is 6.47. The summed E-state index contributed by atoms with van der Waals surface area (Å²) in [5.74, 6) is -0.376. The molecule has 0 saturated carbocycles. The summed E-state index contributed by atoms with van der Waals surface area (Å²) in [4.78, 5) is 11.8. The van der Waals surface area contributed by atoms with Crippen LogP contribution >= 0.6 is 27.3 Å². The molecule has 6 nitrogen and oxygen atoms in total. The zero-order chi connectivity index (χ0) is 16.4. The van der Waals surface area contributed by atoms with E-state index in [0.29, 0.717) is 26.5 Å². The summed E-state index contributed by atoms with van der Waals surface area (Å²) in [6.07, 6.45) is 1.64. The van der Waals surface area contributed by atoms with Gasteiger partial charge in [-0.2, -0.15) is 0 Å². The van der Waals surface area contributed by atoms with Gasteiger partial charge in [0.15, 0.2) is 0 Å². The Morgan fingerprint density at radius 1 is 1.43 bits per heavy atom. The van der Waals surface area contributed by atoms with Crippen molar-refractivity contribution in [3.63, 3.8) is 0 Å². The normalized spacial score (nSPS) is 10.7. The van der Waals surface area contributed by atoms with Crippen molar-refractivity contribution in [2.75, 3.05) is 0 Å². The molecule has 1 amide bonds. The number of hydrogen-bond donors (Lipinski definition) is 1. The fraction of sp³-hybridized carbons (Fsp3) is 0.0714. The van der Waals surface area contributed by atoms with Gasteiger partial charge in [0, 0.05) is 0 Å². The lowest BCUT2D eigenvalue weighted by atomic mass is 10.3. The van der Waals surface area contributed by atoms with Gasteiger partial charge in [-0.3, -0.25) is 4.79 Å². The average molecular weight is 397 g/mol. The zero-order valence-electron chi connectivity index (χ0n) is 11.6. The number of benzene rings is 1. The number of carbonyl (C=O) groups excluding carboxylic acids is 1. The van der Waals surface area contributed by atoms with E-state index >= 15 is 0 Å². The molecule has 0 atom stereocenters. The molecular formula is C14H10BrFN4O2S. The molecule has 3 rings (SSSR count). The first-order valence-electron chi connectivity index (χ1n) is 6.41. The molecule has 0 unspecified atom stereocenters. The van der Waals surface area contributed by atoms with Crippen LogP contribution in [0.25, 0.3) is 5.69 Å². The van der Waals surface area contributed by atoms with Crippen molar-refractivity contribution >= 4 is 33.2 Å². The largest absolute Gasteiger partial charge is 0.486 e. The van der Waals surface area contributed by atoms with Crippen LogP contribution in [0.2, 0.25) is 0 Å². The van der Waals surface area contributed by atoms with Gasteiger partial charge in [0.25, 0.3) is 5.91 Å². The van der Waals surface area contributed by atoms with Gasteiger partial charge in [0.1, 0.15) is 28.7 Å². The third-order valence-corrected chi connectivity index (χ3v) is 4.46. The second-order valence-electron chi connectivity index (χ2n) is 4.52. The maximum absolute atomic E-state index is 13.0. The second-order valence-corrected chi connectivity index (χ2v) is 6.29. The Morgan fingerprint density at radius 2 is 2.26 bits per heavy atom. The van der Waals surface area contributed by atoms with Crippen LogP contribution in [0.3, 0.4) is 0 Å². The number of ether oxygens (including phenoxy) is 1. The highest BCUT2D eigenvalue weighted by Gasteiger charge is 2.13. The Hall–Kier alpha value is -2.26. The number of carbonyl (C=O) groups is 1. The average Bonchev–Trinajstić information content (AvgIpc) is 3.15. The van der Waals surface area contributed by atoms with Crippen molar-refractivity contribution in [2.24, 2.45) is 5.73 Å². The van der Waals surface area contributed by atoms with Gasteiger partial charge in [0.2, 0.25) is 0 Å². The standard InChI is InChI=1S/C14H10BrFN4O2S/c15-10-5-8(16)1-2-12(10)22-7-9-6-20(19-18-9)11-3-4-23-13(11)14(17)21/h1-6H,7H2,(H2,17,21). The number of nitrogens with zero attached hydrogens (tertiary/aromatic N) is 3. The first-order valence-corrected chi connectivity index (χ1v) is 8.08. The van der Waals surface area contributed by atoms with E-state index in [-0.39, 0.29) is 12.4 Å². The molecule has 1 aromatic carbocycles. The van der Waals surface area contributed by atoms with E-state index < -0.39 is 5.91 Å². The Balaban J connectivity index is 1.75. The van der Waals surface area contributed by atoms with E-state index in [4.69, 9.17) is 10.5 Å². The van der Waals surface area contributed by atoms with Crippen LogP contribution in [0.1, 0.15) is 15.4 Å². The number of aromatic nitrogens is 3. The number of halogens is 2. The zero-order valence-corrected chi connectivity index (χ0v) is 14.0. The van der Waals surface area contributed by atoms with Crippen LogP contribution in [0, 0.1) is 5.82 Å². The van der Waals surface area contributed by atoms with Gasteiger partial charge in [-0.05, 0) is 45.6 Å². The molecule has 118 valence electrons. The maximum Gasteiger partial charge on any atom is 0.260 e. The minimum Gasteiger partial charge on any atom is -0.486 e. The fourth-order valence-electron chi connectivity index (χ4n) is 1.89. The van der Waals surface area contributed by atoms with Gasteiger partial charge in [-0.1, -0.05) is 5.21 Å². The molecule has 0 radical (unpaired) electrons. The van der Waals surface area contributed by atoms with Crippen LogP contribution in [-0.2, 0) is 6.61 Å². The molecule has 3 aromatic rings. The highest BCUT2D eigenvalue weighted by molar-refractivity contribution is 9.10. The molecule has 0 aliphatic heterocycles. The van der Waals surface area contributed by atoms with Crippen LogP contribution in [0.15, 0.2) is 40.3 Å². The topological polar surface area (TPSA) is 83.0 Å². The van der Waals surface area contributed by atoms with Gasteiger partial charge in [0.05, 0.1) is 16.4 Å². The van der Waals surface area contributed by atoms with E-state index in [1.807, 2.05) is 0 Å². The first-order chi connectivity index (χ1) is 11.0. The van der Waals surface area contributed by atoms with Crippen molar-refractivity contribution in [3.05, 3.63) is 56.7 Å². The first kappa shape index (κ1) is 15.6. The monoisotopic (exact) mass is 396 g/mol. The summed E-state index contributed by atoms with van der Waals surface area (Å²) in [6, 6.07) is 5.88. The third kappa shape index (κ3) is 3.40. The van der Waals surface area contributed by atoms with Crippen molar-refractivity contribution in [1.29, 1.82) is 0 Å². The minimum atomic E-state index is -0.515. The SMILES string of the molecule is NC(=O)c1sccc1-n1cc(COc2ccc(F)cc2Br)nn1. The lowest BCUT2D eigenvalue weighted by Crippen LogP contribution is -2.12. The van der Waals surface area contributed by atoms with Crippen molar-refractivity contribution in [1.82, 2.24) is 15.0 Å². The molecule has 0 bridgehead atoms. The van der Waals surface area contributed by atoms with Crippen molar-refractivity contribution in [3.8, 4) is 11.4 Å². The summed E-state index contributed by atoms with van der Waals surface area (Å²) in [7, 11) is 0.